The molecule has 1 saturated carbocycles. The zero-order chi connectivity index (χ0) is 29.8. The number of aromatic nitrogens is 2. The van der Waals surface area contributed by atoms with E-state index in [1.807, 2.05) is 41.1 Å². The molecule has 2 aliphatic heterocycles. The van der Waals surface area contributed by atoms with Gasteiger partial charge < -0.3 is 19.4 Å². The molecule has 3 fully saturated rings. The lowest BCUT2D eigenvalue weighted by Gasteiger charge is -2.39. The second kappa shape index (κ2) is 10.9. The molecule has 1 aromatic heterocycles. The number of rotatable bonds is 7. The first kappa shape index (κ1) is 27.7. The molecule has 10 heteroatoms. The molecule has 2 unspecified atom stereocenters. The Morgan fingerprint density at radius 2 is 2.02 bits per heavy atom. The largest absolute Gasteiger partial charge is 0.462 e. The fraction of sp³-hybridized carbons (Fsp3) is 0.455. The third-order valence-electron chi connectivity index (χ3n) is 9.61. The van der Waals surface area contributed by atoms with Crippen LogP contribution in [-0.4, -0.2) is 90.3 Å². The van der Waals surface area contributed by atoms with Crippen LogP contribution in [0.25, 0.3) is 26.9 Å². The summed E-state index contributed by atoms with van der Waals surface area (Å²) in [5.41, 5.74) is 4.15. The fourth-order valence-electron chi connectivity index (χ4n) is 7.31. The van der Waals surface area contributed by atoms with Crippen LogP contribution in [0.3, 0.4) is 0 Å². The van der Waals surface area contributed by atoms with Gasteiger partial charge in [-0.15, -0.1) is 0 Å². The summed E-state index contributed by atoms with van der Waals surface area (Å²) in [5, 5.41) is 0.539. The molecule has 2 saturated heterocycles. The SMILES string of the molecule is [C-]#[N+]C[C@H]1CN(c2nc(OC[C@@H]3C[C@@H](F)CN3C)nc3c(F)c(-c4cccc5c4C4CC4C5)ccc23)CCN1C(=O)C=C. The zero-order valence-electron chi connectivity index (χ0n) is 24.2. The summed E-state index contributed by atoms with van der Waals surface area (Å²) in [5.74, 6) is 1.01. The summed E-state index contributed by atoms with van der Waals surface area (Å²) in [4.78, 5) is 30.9. The minimum atomic E-state index is -0.917. The highest BCUT2D eigenvalue weighted by molar-refractivity contribution is 5.94. The molecule has 1 amide bonds. The number of piperazine rings is 1. The Hall–Kier alpha value is -4.10. The van der Waals surface area contributed by atoms with Crippen LogP contribution >= 0.6 is 0 Å². The number of amides is 1. The normalized spacial score (nSPS) is 26.2. The molecule has 43 heavy (non-hydrogen) atoms. The van der Waals surface area contributed by atoms with Gasteiger partial charge in [0.05, 0.1) is 0 Å². The third kappa shape index (κ3) is 4.89. The van der Waals surface area contributed by atoms with Crippen molar-refractivity contribution in [1.29, 1.82) is 0 Å². The van der Waals surface area contributed by atoms with Crippen LogP contribution in [0, 0.1) is 18.3 Å². The molecule has 2 aromatic carbocycles. The number of likely N-dealkylation sites (N-methyl/N-ethyl adjacent to an activating group) is 1. The average Bonchev–Trinajstić information content (AvgIpc) is 3.55. The second-order valence-electron chi connectivity index (χ2n) is 12.3. The second-order valence-corrected chi connectivity index (χ2v) is 12.3. The zero-order valence-corrected chi connectivity index (χ0v) is 24.2. The predicted octanol–water partition coefficient (Wildman–Crippen LogP) is 4.64. The van der Waals surface area contributed by atoms with Crippen LogP contribution in [0.15, 0.2) is 43.0 Å². The summed E-state index contributed by atoms with van der Waals surface area (Å²) in [6.45, 7) is 12.9. The number of hydrogen-bond donors (Lipinski definition) is 0. The van der Waals surface area contributed by atoms with Gasteiger partial charge in [-0.3, -0.25) is 9.69 Å². The summed E-state index contributed by atoms with van der Waals surface area (Å²) >= 11 is 0. The highest BCUT2D eigenvalue weighted by Crippen LogP contribution is 2.58. The fourth-order valence-corrected chi connectivity index (χ4v) is 7.31. The van der Waals surface area contributed by atoms with Gasteiger partial charge >= 0.3 is 6.01 Å². The van der Waals surface area contributed by atoms with Crippen molar-refractivity contribution in [3.05, 3.63) is 71.3 Å². The number of carbonyl (C=O) groups excluding carboxylic acids is 1. The molecule has 0 radical (unpaired) electrons. The molecule has 0 bridgehead atoms. The van der Waals surface area contributed by atoms with E-state index in [-0.39, 0.29) is 42.7 Å². The molecule has 7 rings (SSSR count). The predicted molar refractivity (Wildman–Crippen MR) is 160 cm³/mol. The Morgan fingerprint density at radius 1 is 1.16 bits per heavy atom. The number of nitrogens with zero attached hydrogens (tertiary/aromatic N) is 6. The summed E-state index contributed by atoms with van der Waals surface area (Å²) in [6.07, 6.45) is 2.91. The van der Waals surface area contributed by atoms with Gasteiger partial charge in [-0.1, -0.05) is 30.8 Å². The molecular formula is C33H34F2N6O2. The van der Waals surface area contributed by atoms with E-state index in [2.05, 4.69) is 22.5 Å². The van der Waals surface area contributed by atoms with Crippen LogP contribution in [0.2, 0.25) is 0 Å². The molecule has 3 aromatic rings. The number of ether oxygens (including phenoxy) is 1. The Kier molecular flexibility index (Phi) is 7.01. The Bertz CT molecular complexity index is 1660. The van der Waals surface area contributed by atoms with Crippen molar-refractivity contribution >= 4 is 22.6 Å². The van der Waals surface area contributed by atoms with Crippen LogP contribution < -0.4 is 9.64 Å². The number of benzene rings is 2. The van der Waals surface area contributed by atoms with Gasteiger partial charge in [0.25, 0.3) is 0 Å². The van der Waals surface area contributed by atoms with Crippen LogP contribution in [0.5, 0.6) is 6.01 Å². The smallest absolute Gasteiger partial charge is 0.319 e. The monoisotopic (exact) mass is 584 g/mol. The lowest BCUT2D eigenvalue weighted by atomic mass is 9.93. The van der Waals surface area contributed by atoms with Gasteiger partial charge in [0, 0.05) is 43.2 Å². The average molecular weight is 585 g/mol. The van der Waals surface area contributed by atoms with Gasteiger partial charge in [-0.2, -0.15) is 9.97 Å². The molecule has 3 heterocycles. The maximum Gasteiger partial charge on any atom is 0.319 e. The van der Waals surface area contributed by atoms with Crippen molar-refractivity contribution in [1.82, 2.24) is 19.8 Å². The minimum absolute atomic E-state index is 0.0288. The number of carbonyl (C=O) groups is 1. The quantitative estimate of drug-likeness (QED) is 0.298. The van der Waals surface area contributed by atoms with Crippen LogP contribution in [0.1, 0.15) is 29.9 Å². The van der Waals surface area contributed by atoms with Crippen molar-refractivity contribution < 1.29 is 18.3 Å². The highest BCUT2D eigenvalue weighted by atomic mass is 19.1. The van der Waals surface area contributed by atoms with Gasteiger partial charge in [0.2, 0.25) is 12.5 Å². The summed E-state index contributed by atoms with van der Waals surface area (Å²) in [7, 11) is 1.86. The third-order valence-corrected chi connectivity index (χ3v) is 9.61. The first-order valence-corrected chi connectivity index (χ1v) is 15.0. The number of halogens is 2. The minimum Gasteiger partial charge on any atom is -0.462 e. The maximum atomic E-state index is 16.6. The van der Waals surface area contributed by atoms with E-state index in [1.165, 1.54) is 17.2 Å². The molecule has 8 nitrogen and oxygen atoms in total. The summed E-state index contributed by atoms with van der Waals surface area (Å²) < 4.78 is 36.7. The van der Waals surface area contributed by atoms with Crippen LogP contribution in [0.4, 0.5) is 14.6 Å². The molecule has 222 valence electrons. The highest BCUT2D eigenvalue weighted by Gasteiger charge is 2.46. The molecule has 2 aliphatic carbocycles. The van der Waals surface area contributed by atoms with E-state index in [0.717, 1.165) is 18.4 Å². The van der Waals surface area contributed by atoms with E-state index in [4.69, 9.17) is 16.3 Å². The van der Waals surface area contributed by atoms with Gasteiger partial charge in [0.15, 0.2) is 5.82 Å². The van der Waals surface area contributed by atoms with E-state index in [0.29, 0.717) is 61.2 Å². The molecule has 0 spiro atoms. The maximum absolute atomic E-state index is 16.6. The van der Waals surface area contributed by atoms with E-state index < -0.39 is 12.0 Å². The Morgan fingerprint density at radius 3 is 2.79 bits per heavy atom. The van der Waals surface area contributed by atoms with Gasteiger partial charge in [0.1, 0.15) is 30.2 Å². The summed E-state index contributed by atoms with van der Waals surface area (Å²) in [6, 6.07) is 9.35. The Balaban J connectivity index is 1.29. The van der Waals surface area contributed by atoms with E-state index in [1.54, 1.807) is 4.90 Å². The lowest BCUT2D eigenvalue weighted by Crippen LogP contribution is -2.56. The molecule has 0 N–H and O–H groups in total. The standard InChI is InChI=1S/C33H34F2N6O2/c1-4-28(42)41-11-10-40(17-23(41)15-36-2)32-26-9-8-25(24-7-5-6-19-12-20-13-27(20)29(19)24)30(35)31(26)37-33(38-32)43-18-22-14-21(34)16-39(22)3/h4-9,20-23,27H,1,10-18H2,3H3/t20?,21-,22+,23+,27?/m1/s1. The van der Waals surface area contributed by atoms with E-state index in [9.17, 15) is 9.18 Å². The molecule has 5 atom stereocenters. The number of fused-ring (bicyclic) bond motifs is 4. The van der Waals surface area contributed by atoms with Crippen molar-refractivity contribution in [2.24, 2.45) is 5.92 Å². The topological polar surface area (TPSA) is 66.2 Å². The lowest BCUT2D eigenvalue weighted by molar-refractivity contribution is -0.128. The van der Waals surface area contributed by atoms with Crippen LogP contribution in [-0.2, 0) is 11.2 Å². The van der Waals surface area contributed by atoms with Gasteiger partial charge in [-0.05, 0) is 67.0 Å². The van der Waals surface area contributed by atoms with Gasteiger partial charge in [-0.25, -0.2) is 15.4 Å². The van der Waals surface area contributed by atoms with Crippen molar-refractivity contribution in [2.75, 3.05) is 51.3 Å². The number of anilines is 1. The Labute approximate surface area is 249 Å². The number of hydrogen-bond acceptors (Lipinski definition) is 6. The number of likely N-dealkylation sites (tertiary alicyclic amines) is 1. The van der Waals surface area contributed by atoms with E-state index >= 15 is 4.39 Å². The number of alkyl halides is 1. The van der Waals surface area contributed by atoms with Crippen molar-refractivity contribution in [3.8, 4) is 17.1 Å². The first-order chi connectivity index (χ1) is 20.9. The molecular weight excluding hydrogens is 550 g/mol. The molecule has 4 aliphatic rings. The van der Waals surface area contributed by atoms with Crippen molar-refractivity contribution in [2.45, 2.75) is 43.4 Å². The van der Waals surface area contributed by atoms with Crippen molar-refractivity contribution in [3.63, 3.8) is 0 Å². The first-order valence-electron chi connectivity index (χ1n) is 15.0.